The molecule has 2 aromatic carbocycles. The molecular weight excluding hydrogens is 436 g/mol. The van der Waals surface area contributed by atoms with Gasteiger partial charge >= 0.3 is 0 Å². The summed E-state index contributed by atoms with van der Waals surface area (Å²) in [5.74, 6) is -0.119. The van der Waals surface area contributed by atoms with Crippen molar-refractivity contribution >= 4 is 54.3 Å². The number of hydrogen-bond donors (Lipinski definition) is 0. The number of amides is 1. The molecule has 1 amide bonds. The van der Waals surface area contributed by atoms with Crippen molar-refractivity contribution in [3.05, 3.63) is 64.6 Å². The third kappa shape index (κ3) is 3.45. The van der Waals surface area contributed by atoms with Crippen LogP contribution >= 0.6 is 27.7 Å². The highest BCUT2D eigenvalue weighted by molar-refractivity contribution is 9.10. The zero-order valence-electron chi connectivity index (χ0n) is 13.6. The number of fused-ring (bicyclic) bond motifs is 1. The number of carbonyl (C=O) groups excluding carboxylic acids is 1. The maximum absolute atomic E-state index is 12.6. The first kappa shape index (κ1) is 17.8. The summed E-state index contributed by atoms with van der Waals surface area (Å²) in [7, 11) is -3.06. The predicted molar refractivity (Wildman–Crippen MR) is 109 cm³/mol. The molecule has 2 unspecified atom stereocenters. The van der Waals surface area contributed by atoms with Crippen molar-refractivity contribution in [1.82, 2.24) is 0 Å². The van der Waals surface area contributed by atoms with Crippen LogP contribution in [0.1, 0.15) is 10.4 Å². The van der Waals surface area contributed by atoms with Crippen LogP contribution in [0.25, 0.3) is 0 Å². The first-order valence-corrected chi connectivity index (χ1v) is 11.5. The highest BCUT2D eigenvalue weighted by atomic mass is 79.9. The first-order valence-electron chi connectivity index (χ1n) is 8.03. The SMILES string of the molecule is O=C(N=C1SC2CS(=O)(=O)CC2N1c1ccccc1)c1ccc(Br)cc1. The van der Waals surface area contributed by atoms with Gasteiger partial charge in [-0.05, 0) is 36.4 Å². The van der Waals surface area contributed by atoms with Gasteiger partial charge in [0, 0.05) is 21.0 Å². The Hall–Kier alpha value is -1.64. The van der Waals surface area contributed by atoms with Gasteiger partial charge in [-0.25, -0.2) is 8.42 Å². The number of thioether (sulfide) groups is 1. The fraction of sp³-hybridized carbons (Fsp3) is 0.222. The molecule has 26 heavy (non-hydrogen) atoms. The molecule has 0 N–H and O–H groups in total. The minimum Gasteiger partial charge on any atom is -0.316 e. The Morgan fingerprint density at radius 2 is 1.77 bits per heavy atom. The van der Waals surface area contributed by atoms with Gasteiger partial charge in [-0.15, -0.1) is 0 Å². The van der Waals surface area contributed by atoms with Gasteiger partial charge in [0.25, 0.3) is 5.91 Å². The predicted octanol–water partition coefficient (Wildman–Crippen LogP) is 3.36. The number of aliphatic imine (C=N–C) groups is 1. The van der Waals surface area contributed by atoms with E-state index in [1.165, 1.54) is 11.8 Å². The van der Waals surface area contributed by atoms with Crippen molar-refractivity contribution in [2.75, 3.05) is 16.4 Å². The lowest BCUT2D eigenvalue weighted by Crippen LogP contribution is -2.37. The van der Waals surface area contributed by atoms with E-state index in [-0.39, 0.29) is 28.7 Å². The Labute approximate surface area is 164 Å². The highest BCUT2D eigenvalue weighted by Gasteiger charge is 2.49. The van der Waals surface area contributed by atoms with E-state index in [1.807, 2.05) is 35.2 Å². The number of sulfone groups is 1. The van der Waals surface area contributed by atoms with Gasteiger partial charge in [0.05, 0.1) is 17.5 Å². The van der Waals surface area contributed by atoms with Crippen molar-refractivity contribution < 1.29 is 13.2 Å². The molecule has 0 aromatic heterocycles. The lowest BCUT2D eigenvalue weighted by atomic mass is 10.2. The van der Waals surface area contributed by atoms with Crippen molar-refractivity contribution in [2.24, 2.45) is 4.99 Å². The molecule has 0 radical (unpaired) electrons. The second-order valence-electron chi connectivity index (χ2n) is 6.21. The third-order valence-corrected chi connectivity index (χ3v) is 8.13. The average Bonchev–Trinajstić information content (AvgIpc) is 3.07. The summed E-state index contributed by atoms with van der Waals surface area (Å²) < 4.78 is 25.0. The molecule has 2 aromatic rings. The van der Waals surface area contributed by atoms with Gasteiger partial charge in [-0.3, -0.25) is 4.79 Å². The van der Waals surface area contributed by atoms with Crippen LogP contribution in [-0.4, -0.2) is 42.3 Å². The number of nitrogens with zero attached hydrogens (tertiary/aromatic N) is 2. The molecule has 2 fully saturated rings. The zero-order chi connectivity index (χ0) is 18.3. The first-order chi connectivity index (χ1) is 12.4. The molecule has 0 aliphatic carbocycles. The second kappa shape index (κ2) is 6.83. The molecule has 134 valence electrons. The summed E-state index contributed by atoms with van der Waals surface area (Å²) in [6.45, 7) is 0. The van der Waals surface area contributed by atoms with E-state index in [9.17, 15) is 13.2 Å². The third-order valence-electron chi connectivity index (χ3n) is 4.39. The second-order valence-corrected chi connectivity index (χ2v) is 10.5. The molecule has 2 aliphatic heterocycles. The minimum absolute atomic E-state index is 0.0883. The molecule has 4 rings (SSSR count). The number of hydrogen-bond acceptors (Lipinski definition) is 4. The van der Waals surface area contributed by atoms with Crippen LogP contribution in [-0.2, 0) is 9.84 Å². The summed E-state index contributed by atoms with van der Waals surface area (Å²) in [6.07, 6.45) is 0. The van der Waals surface area contributed by atoms with Crippen LogP contribution in [0.4, 0.5) is 5.69 Å². The molecule has 2 aliphatic rings. The van der Waals surface area contributed by atoms with Crippen molar-refractivity contribution in [1.29, 1.82) is 0 Å². The van der Waals surface area contributed by atoms with E-state index in [0.717, 1.165) is 10.2 Å². The summed E-state index contributed by atoms with van der Waals surface area (Å²) in [5.41, 5.74) is 1.35. The van der Waals surface area contributed by atoms with Gasteiger partial charge in [-0.1, -0.05) is 45.9 Å². The monoisotopic (exact) mass is 450 g/mol. The largest absolute Gasteiger partial charge is 0.316 e. The molecular formula is C18H15BrN2O3S2. The lowest BCUT2D eigenvalue weighted by Gasteiger charge is -2.24. The number of amidine groups is 1. The standard InChI is InChI=1S/C18H15BrN2O3S2/c19-13-8-6-12(7-9-13)17(22)20-18-21(14-4-2-1-3-5-14)15-10-26(23,24)11-16(15)25-18/h1-9,15-16H,10-11H2. The quantitative estimate of drug-likeness (QED) is 0.701. The highest BCUT2D eigenvalue weighted by Crippen LogP contribution is 2.40. The molecule has 0 spiro atoms. The summed E-state index contributed by atoms with van der Waals surface area (Å²) >= 11 is 4.73. The minimum atomic E-state index is -3.06. The number of benzene rings is 2. The Morgan fingerprint density at radius 3 is 2.46 bits per heavy atom. The van der Waals surface area contributed by atoms with Crippen molar-refractivity contribution in [2.45, 2.75) is 11.3 Å². The number of carbonyl (C=O) groups is 1. The van der Waals surface area contributed by atoms with Gasteiger partial charge < -0.3 is 4.90 Å². The smallest absolute Gasteiger partial charge is 0.279 e. The van der Waals surface area contributed by atoms with E-state index < -0.39 is 9.84 Å². The van der Waals surface area contributed by atoms with Crippen LogP contribution in [0.15, 0.2) is 64.1 Å². The van der Waals surface area contributed by atoms with Crippen molar-refractivity contribution in [3.63, 3.8) is 0 Å². The van der Waals surface area contributed by atoms with Crippen LogP contribution in [0, 0.1) is 0 Å². The number of para-hydroxylation sites is 1. The number of rotatable bonds is 2. The molecule has 2 heterocycles. The average molecular weight is 451 g/mol. The maximum atomic E-state index is 12.6. The van der Waals surface area contributed by atoms with E-state index >= 15 is 0 Å². The Balaban J connectivity index is 1.70. The maximum Gasteiger partial charge on any atom is 0.279 e. The van der Waals surface area contributed by atoms with E-state index in [1.54, 1.807) is 24.3 Å². The molecule has 0 saturated carbocycles. The summed E-state index contributed by atoms with van der Waals surface area (Å²) in [4.78, 5) is 18.8. The van der Waals surface area contributed by atoms with Gasteiger partial charge in [0.1, 0.15) is 0 Å². The lowest BCUT2D eigenvalue weighted by molar-refractivity contribution is 0.100. The Kier molecular flexibility index (Phi) is 4.66. The normalized spacial score (nSPS) is 25.4. The van der Waals surface area contributed by atoms with Crippen LogP contribution in [0.5, 0.6) is 0 Å². The molecule has 2 atom stereocenters. The van der Waals surface area contributed by atoms with Crippen LogP contribution in [0.3, 0.4) is 0 Å². The van der Waals surface area contributed by atoms with Gasteiger partial charge in [0.2, 0.25) is 0 Å². The van der Waals surface area contributed by atoms with Crippen LogP contribution < -0.4 is 4.90 Å². The van der Waals surface area contributed by atoms with Crippen molar-refractivity contribution in [3.8, 4) is 0 Å². The number of anilines is 1. The topological polar surface area (TPSA) is 66.8 Å². The fourth-order valence-electron chi connectivity index (χ4n) is 3.20. The fourth-order valence-corrected chi connectivity index (χ4v) is 7.38. The summed E-state index contributed by atoms with van der Waals surface area (Å²) in [5, 5.41) is 0.464. The van der Waals surface area contributed by atoms with E-state index in [0.29, 0.717) is 10.7 Å². The zero-order valence-corrected chi connectivity index (χ0v) is 16.8. The van der Waals surface area contributed by atoms with Gasteiger partial charge in [0.15, 0.2) is 15.0 Å². The van der Waals surface area contributed by atoms with E-state index in [2.05, 4.69) is 20.9 Å². The molecule has 0 bridgehead atoms. The molecule has 2 saturated heterocycles. The number of halogens is 1. The summed E-state index contributed by atoms with van der Waals surface area (Å²) in [6, 6.07) is 16.3. The van der Waals surface area contributed by atoms with Gasteiger partial charge in [-0.2, -0.15) is 4.99 Å². The van der Waals surface area contributed by atoms with E-state index in [4.69, 9.17) is 0 Å². The molecule has 5 nitrogen and oxygen atoms in total. The molecule has 8 heteroatoms. The Bertz CT molecular complexity index is 975. The van der Waals surface area contributed by atoms with Crippen LogP contribution in [0.2, 0.25) is 0 Å². The Morgan fingerprint density at radius 1 is 1.08 bits per heavy atom.